The number of methoxy groups -OCH3 is 1. The van der Waals surface area contributed by atoms with Crippen LogP contribution in [0, 0.1) is 5.41 Å². The molecule has 1 fully saturated rings. The van der Waals surface area contributed by atoms with E-state index in [9.17, 15) is 0 Å². The first-order valence-corrected chi connectivity index (χ1v) is 7.97. The van der Waals surface area contributed by atoms with E-state index in [0.29, 0.717) is 5.41 Å². The lowest BCUT2D eigenvalue weighted by molar-refractivity contribution is -0.0862. The number of nitrogens with one attached hydrogen (secondary N) is 1. The van der Waals surface area contributed by atoms with Crippen molar-refractivity contribution in [1.82, 2.24) is 15.2 Å². The number of hydrogen-bond donors (Lipinski definition) is 2. The van der Waals surface area contributed by atoms with E-state index in [1.165, 1.54) is 18.4 Å². The molecule has 1 aliphatic carbocycles. The van der Waals surface area contributed by atoms with Crippen molar-refractivity contribution in [3.63, 3.8) is 0 Å². The Kier molecular flexibility index (Phi) is 5.07. The van der Waals surface area contributed by atoms with Gasteiger partial charge in [-0.1, -0.05) is 13.8 Å². The molecule has 0 radical (unpaired) electrons. The summed E-state index contributed by atoms with van der Waals surface area (Å²) in [5.41, 5.74) is 4.46. The highest BCUT2D eigenvalue weighted by Crippen LogP contribution is 2.43. The van der Waals surface area contributed by atoms with Gasteiger partial charge in [0, 0.05) is 19.9 Å². The van der Waals surface area contributed by atoms with Gasteiger partial charge in [-0.2, -0.15) is 5.10 Å². The summed E-state index contributed by atoms with van der Waals surface area (Å²) in [5.74, 6) is 5.86. The third kappa shape index (κ3) is 3.65. The zero-order valence-electron chi connectivity index (χ0n) is 13.9. The van der Waals surface area contributed by atoms with Gasteiger partial charge in [0.15, 0.2) is 0 Å². The topological polar surface area (TPSA) is 65.1 Å². The van der Waals surface area contributed by atoms with Gasteiger partial charge in [-0.05, 0) is 50.0 Å². The van der Waals surface area contributed by atoms with Crippen molar-refractivity contribution in [3.8, 4) is 0 Å². The molecule has 1 heterocycles. The molecule has 0 aliphatic heterocycles. The SMILES string of the molecule is CCn1cc(CC(NN)C2(OC)CCC(C)(C)CC2)cn1. The molecular formula is C16H30N4O. The number of nitrogens with two attached hydrogens (primary N) is 1. The van der Waals surface area contributed by atoms with Gasteiger partial charge in [0.2, 0.25) is 0 Å². The Bertz CT molecular complexity index is 445. The summed E-state index contributed by atoms with van der Waals surface area (Å²) in [4.78, 5) is 0. The molecule has 120 valence electrons. The highest BCUT2D eigenvalue weighted by atomic mass is 16.5. The average molecular weight is 294 g/mol. The van der Waals surface area contributed by atoms with Crippen LogP contribution in [0.2, 0.25) is 0 Å². The minimum atomic E-state index is -0.168. The molecule has 2 rings (SSSR count). The number of aryl methyl sites for hydroxylation is 1. The van der Waals surface area contributed by atoms with Crippen molar-refractivity contribution in [2.24, 2.45) is 11.3 Å². The third-order valence-electron chi connectivity index (χ3n) is 5.14. The van der Waals surface area contributed by atoms with Crippen molar-refractivity contribution in [3.05, 3.63) is 18.0 Å². The fourth-order valence-electron chi connectivity index (χ4n) is 3.36. The van der Waals surface area contributed by atoms with Crippen LogP contribution in [0.1, 0.15) is 52.0 Å². The monoisotopic (exact) mass is 294 g/mol. The van der Waals surface area contributed by atoms with Gasteiger partial charge in [0.1, 0.15) is 0 Å². The van der Waals surface area contributed by atoms with Gasteiger partial charge < -0.3 is 4.74 Å². The molecular weight excluding hydrogens is 264 g/mol. The Morgan fingerprint density at radius 1 is 1.38 bits per heavy atom. The van der Waals surface area contributed by atoms with Crippen LogP contribution in [0.4, 0.5) is 0 Å². The average Bonchev–Trinajstić information content (AvgIpc) is 2.93. The van der Waals surface area contributed by atoms with Gasteiger partial charge in [-0.15, -0.1) is 0 Å². The van der Waals surface area contributed by atoms with E-state index in [4.69, 9.17) is 10.6 Å². The number of aromatic nitrogens is 2. The summed E-state index contributed by atoms with van der Waals surface area (Å²) in [6.07, 6.45) is 9.33. The summed E-state index contributed by atoms with van der Waals surface area (Å²) < 4.78 is 7.91. The number of rotatable bonds is 6. The predicted octanol–water partition coefficient (Wildman–Crippen LogP) is 2.26. The fraction of sp³-hybridized carbons (Fsp3) is 0.812. The lowest BCUT2D eigenvalue weighted by Gasteiger charge is -2.46. The van der Waals surface area contributed by atoms with Crippen LogP contribution in [0.25, 0.3) is 0 Å². The zero-order chi connectivity index (χ0) is 15.5. The lowest BCUT2D eigenvalue weighted by atomic mass is 9.68. The molecule has 0 aromatic carbocycles. The number of nitrogens with zero attached hydrogens (tertiary/aromatic N) is 2. The lowest BCUT2D eigenvalue weighted by Crippen LogP contribution is -2.57. The zero-order valence-corrected chi connectivity index (χ0v) is 13.9. The highest BCUT2D eigenvalue weighted by Gasteiger charge is 2.44. The maximum Gasteiger partial charge on any atom is 0.0848 e. The van der Waals surface area contributed by atoms with Gasteiger partial charge in [-0.3, -0.25) is 16.0 Å². The molecule has 0 bridgehead atoms. The van der Waals surface area contributed by atoms with Crippen molar-refractivity contribution < 1.29 is 4.74 Å². The Hall–Kier alpha value is -0.910. The molecule has 5 nitrogen and oxygen atoms in total. The van der Waals surface area contributed by atoms with Crippen LogP contribution in [0.15, 0.2) is 12.4 Å². The van der Waals surface area contributed by atoms with Gasteiger partial charge >= 0.3 is 0 Å². The smallest absolute Gasteiger partial charge is 0.0848 e. The van der Waals surface area contributed by atoms with Crippen molar-refractivity contribution >= 4 is 0 Å². The molecule has 1 aromatic rings. The van der Waals surface area contributed by atoms with Gasteiger partial charge in [0.25, 0.3) is 0 Å². The van der Waals surface area contributed by atoms with E-state index < -0.39 is 0 Å². The Morgan fingerprint density at radius 3 is 2.52 bits per heavy atom. The van der Waals surface area contributed by atoms with Gasteiger partial charge in [-0.25, -0.2) is 0 Å². The van der Waals surface area contributed by atoms with Crippen LogP contribution in [0.5, 0.6) is 0 Å². The van der Waals surface area contributed by atoms with Crippen LogP contribution in [-0.2, 0) is 17.7 Å². The number of hydrogen-bond acceptors (Lipinski definition) is 4. The largest absolute Gasteiger partial charge is 0.377 e. The molecule has 21 heavy (non-hydrogen) atoms. The summed E-state index contributed by atoms with van der Waals surface area (Å²) >= 11 is 0. The summed E-state index contributed by atoms with van der Waals surface area (Å²) in [6.45, 7) is 7.66. The summed E-state index contributed by atoms with van der Waals surface area (Å²) in [6, 6.07) is 0.119. The highest BCUT2D eigenvalue weighted by molar-refractivity contribution is 5.10. The molecule has 3 N–H and O–H groups in total. The summed E-state index contributed by atoms with van der Waals surface area (Å²) in [5, 5.41) is 4.35. The number of ether oxygens (including phenoxy) is 1. The molecule has 0 saturated heterocycles. The molecule has 5 heteroatoms. The van der Waals surface area contributed by atoms with Crippen molar-refractivity contribution in [2.75, 3.05) is 7.11 Å². The Balaban J connectivity index is 2.10. The van der Waals surface area contributed by atoms with Gasteiger partial charge in [0.05, 0.1) is 17.8 Å². The minimum Gasteiger partial charge on any atom is -0.377 e. The molecule has 1 aromatic heterocycles. The van der Waals surface area contributed by atoms with Crippen LogP contribution < -0.4 is 11.3 Å². The Labute approximate surface area is 128 Å². The van der Waals surface area contributed by atoms with Crippen molar-refractivity contribution in [1.29, 1.82) is 0 Å². The maximum atomic E-state index is 5.96. The Morgan fingerprint density at radius 2 is 2.05 bits per heavy atom. The van der Waals surface area contributed by atoms with E-state index in [2.05, 4.69) is 37.5 Å². The molecule has 1 aliphatic rings. The first-order chi connectivity index (χ1) is 9.94. The fourth-order valence-corrected chi connectivity index (χ4v) is 3.36. The third-order valence-corrected chi connectivity index (χ3v) is 5.14. The first kappa shape index (κ1) is 16.5. The number of hydrazine groups is 1. The second-order valence-electron chi connectivity index (χ2n) is 7.06. The summed E-state index contributed by atoms with van der Waals surface area (Å²) in [7, 11) is 1.82. The van der Waals surface area contributed by atoms with E-state index in [0.717, 1.165) is 25.8 Å². The van der Waals surface area contributed by atoms with E-state index in [-0.39, 0.29) is 11.6 Å². The predicted molar refractivity (Wildman–Crippen MR) is 84.7 cm³/mol. The van der Waals surface area contributed by atoms with E-state index >= 15 is 0 Å². The van der Waals surface area contributed by atoms with Crippen LogP contribution in [-0.4, -0.2) is 28.5 Å². The minimum absolute atomic E-state index is 0.119. The molecule has 0 spiro atoms. The van der Waals surface area contributed by atoms with Crippen LogP contribution >= 0.6 is 0 Å². The quantitative estimate of drug-likeness (QED) is 0.624. The van der Waals surface area contributed by atoms with E-state index in [1.807, 2.05) is 18.0 Å². The maximum absolute atomic E-state index is 5.96. The standard InChI is InChI=1S/C16H30N4O/c1-5-20-12-13(11-18-20)10-14(19-17)16(21-4)8-6-15(2,3)7-9-16/h11-12,14,19H,5-10,17H2,1-4H3. The molecule has 1 atom stereocenters. The van der Waals surface area contributed by atoms with Crippen molar-refractivity contribution in [2.45, 2.75) is 71.1 Å². The molecule has 1 unspecified atom stereocenters. The molecule has 1 saturated carbocycles. The molecule has 0 amide bonds. The first-order valence-electron chi connectivity index (χ1n) is 7.97. The second kappa shape index (κ2) is 6.46. The van der Waals surface area contributed by atoms with E-state index in [1.54, 1.807) is 0 Å². The second-order valence-corrected chi connectivity index (χ2v) is 7.06. The van der Waals surface area contributed by atoms with Crippen LogP contribution in [0.3, 0.4) is 0 Å². The normalized spacial score (nSPS) is 22.1.